The van der Waals surface area contributed by atoms with Crippen LogP contribution in [0.3, 0.4) is 0 Å². The summed E-state index contributed by atoms with van der Waals surface area (Å²) in [6.45, 7) is 3.67. The van der Waals surface area contributed by atoms with E-state index in [0.29, 0.717) is 5.92 Å². The molecule has 0 bridgehead atoms. The summed E-state index contributed by atoms with van der Waals surface area (Å²) in [7, 11) is 1.69. The van der Waals surface area contributed by atoms with Crippen molar-refractivity contribution in [3.05, 3.63) is 11.7 Å². The Kier molecular flexibility index (Phi) is 6.81. The maximum absolute atomic E-state index is 5.51. The first kappa shape index (κ1) is 14.1. The molecule has 0 spiro atoms. The molecule has 0 aromatic carbocycles. The van der Waals surface area contributed by atoms with Crippen LogP contribution in [0.1, 0.15) is 37.9 Å². The van der Waals surface area contributed by atoms with Crippen molar-refractivity contribution in [2.75, 3.05) is 20.3 Å². The predicted octanol–water partition coefficient (Wildman–Crippen LogP) is 1.57. The summed E-state index contributed by atoms with van der Waals surface area (Å²) in [5.41, 5.74) is 5.51. The monoisotopic (exact) mass is 241 g/mol. The van der Waals surface area contributed by atoms with Gasteiger partial charge in [-0.2, -0.15) is 4.98 Å². The summed E-state index contributed by atoms with van der Waals surface area (Å²) in [5.74, 6) is 2.13. The summed E-state index contributed by atoms with van der Waals surface area (Å²) >= 11 is 0. The van der Waals surface area contributed by atoms with Gasteiger partial charge in [0.15, 0.2) is 5.82 Å². The van der Waals surface area contributed by atoms with Crippen LogP contribution in [0, 0.1) is 5.92 Å². The summed E-state index contributed by atoms with van der Waals surface area (Å²) in [4.78, 5) is 4.35. The van der Waals surface area contributed by atoms with Crippen LogP contribution in [0.4, 0.5) is 0 Å². The molecule has 2 N–H and O–H groups in total. The molecule has 1 rings (SSSR count). The van der Waals surface area contributed by atoms with Gasteiger partial charge >= 0.3 is 0 Å². The molecule has 5 nitrogen and oxygen atoms in total. The fourth-order valence-electron chi connectivity index (χ4n) is 1.67. The van der Waals surface area contributed by atoms with Gasteiger partial charge in [-0.25, -0.2) is 0 Å². The van der Waals surface area contributed by atoms with Crippen LogP contribution in [0.15, 0.2) is 4.52 Å². The lowest BCUT2D eigenvalue weighted by molar-refractivity contribution is 0.194. The molecule has 1 unspecified atom stereocenters. The average molecular weight is 241 g/mol. The standard InChI is InChI=1S/C12H23N3O2/c1-10(7-8-13)5-6-12-14-11(15-17-12)4-3-9-16-2/h10H,3-9,13H2,1-2H3. The second kappa shape index (κ2) is 8.20. The molecule has 0 saturated carbocycles. The molecule has 0 aliphatic heterocycles. The van der Waals surface area contributed by atoms with Gasteiger partial charge in [-0.15, -0.1) is 0 Å². The van der Waals surface area contributed by atoms with Crippen molar-refractivity contribution in [1.29, 1.82) is 0 Å². The normalized spacial score (nSPS) is 12.9. The van der Waals surface area contributed by atoms with E-state index in [2.05, 4.69) is 17.1 Å². The highest BCUT2D eigenvalue weighted by Gasteiger charge is 2.08. The molecule has 0 aliphatic rings. The minimum absolute atomic E-state index is 0.615. The first-order valence-electron chi connectivity index (χ1n) is 6.26. The molecular formula is C12H23N3O2. The number of aromatic nitrogens is 2. The minimum Gasteiger partial charge on any atom is -0.385 e. The summed E-state index contributed by atoms with van der Waals surface area (Å²) in [6, 6.07) is 0. The van der Waals surface area contributed by atoms with E-state index >= 15 is 0 Å². The van der Waals surface area contributed by atoms with Crippen LogP contribution in [-0.2, 0) is 17.6 Å². The highest BCUT2D eigenvalue weighted by atomic mass is 16.5. The van der Waals surface area contributed by atoms with Crippen LogP contribution in [0.25, 0.3) is 0 Å². The van der Waals surface area contributed by atoms with Gasteiger partial charge in [0, 0.05) is 26.6 Å². The zero-order valence-corrected chi connectivity index (χ0v) is 10.8. The second-order valence-electron chi connectivity index (χ2n) is 4.42. The van der Waals surface area contributed by atoms with Crippen LogP contribution >= 0.6 is 0 Å². The fourth-order valence-corrected chi connectivity index (χ4v) is 1.67. The highest BCUT2D eigenvalue weighted by molar-refractivity contribution is 4.86. The molecule has 98 valence electrons. The predicted molar refractivity (Wildman–Crippen MR) is 65.7 cm³/mol. The van der Waals surface area contributed by atoms with Gasteiger partial charge in [-0.1, -0.05) is 12.1 Å². The fraction of sp³-hybridized carbons (Fsp3) is 0.833. The molecule has 0 aliphatic carbocycles. The van der Waals surface area contributed by atoms with Crippen LogP contribution in [0.2, 0.25) is 0 Å². The maximum atomic E-state index is 5.51. The molecule has 0 fully saturated rings. The third-order valence-corrected chi connectivity index (χ3v) is 2.77. The molecule has 1 aromatic rings. The van der Waals surface area contributed by atoms with Crippen molar-refractivity contribution in [2.24, 2.45) is 11.7 Å². The molecule has 1 atom stereocenters. The second-order valence-corrected chi connectivity index (χ2v) is 4.42. The Morgan fingerprint density at radius 3 is 2.88 bits per heavy atom. The Morgan fingerprint density at radius 1 is 1.35 bits per heavy atom. The Balaban J connectivity index is 2.25. The van der Waals surface area contributed by atoms with Crippen molar-refractivity contribution in [2.45, 2.75) is 39.0 Å². The van der Waals surface area contributed by atoms with Crippen molar-refractivity contribution < 1.29 is 9.26 Å². The lowest BCUT2D eigenvalue weighted by atomic mass is 10.0. The Bertz CT molecular complexity index is 302. The molecule has 1 heterocycles. The summed E-state index contributed by atoms with van der Waals surface area (Å²) in [5, 5.41) is 3.95. The number of nitrogens with two attached hydrogens (primary N) is 1. The number of aryl methyl sites for hydroxylation is 2. The zero-order valence-electron chi connectivity index (χ0n) is 10.8. The first-order chi connectivity index (χ1) is 8.26. The van der Waals surface area contributed by atoms with Crippen molar-refractivity contribution in [1.82, 2.24) is 10.1 Å². The van der Waals surface area contributed by atoms with Gasteiger partial charge in [-0.3, -0.25) is 0 Å². The Hall–Kier alpha value is -0.940. The molecule has 0 saturated heterocycles. The van der Waals surface area contributed by atoms with Gasteiger partial charge in [0.25, 0.3) is 0 Å². The highest BCUT2D eigenvalue weighted by Crippen LogP contribution is 2.11. The minimum atomic E-state index is 0.615. The van der Waals surface area contributed by atoms with Gasteiger partial charge in [0.1, 0.15) is 0 Å². The van der Waals surface area contributed by atoms with E-state index in [1.54, 1.807) is 7.11 Å². The number of rotatable bonds is 9. The molecular weight excluding hydrogens is 218 g/mol. The van der Waals surface area contributed by atoms with E-state index in [1.165, 1.54) is 0 Å². The van der Waals surface area contributed by atoms with E-state index < -0.39 is 0 Å². The van der Waals surface area contributed by atoms with Crippen LogP contribution in [0.5, 0.6) is 0 Å². The average Bonchev–Trinajstić information content (AvgIpc) is 2.75. The first-order valence-corrected chi connectivity index (χ1v) is 6.26. The third kappa shape index (κ3) is 5.79. The largest absolute Gasteiger partial charge is 0.385 e. The van der Waals surface area contributed by atoms with Crippen molar-refractivity contribution in [3.63, 3.8) is 0 Å². The zero-order chi connectivity index (χ0) is 12.5. The number of hydrogen-bond acceptors (Lipinski definition) is 5. The van der Waals surface area contributed by atoms with Crippen molar-refractivity contribution >= 4 is 0 Å². The smallest absolute Gasteiger partial charge is 0.226 e. The van der Waals surface area contributed by atoms with E-state index in [-0.39, 0.29) is 0 Å². The molecule has 1 aromatic heterocycles. The number of methoxy groups -OCH3 is 1. The Morgan fingerprint density at radius 2 is 2.18 bits per heavy atom. The molecule has 0 radical (unpaired) electrons. The molecule has 5 heteroatoms. The van der Waals surface area contributed by atoms with Crippen molar-refractivity contribution in [3.8, 4) is 0 Å². The lowest BCUT2D eigenvalue weighted by Gasteiger charge is -2.06. The number of nitrogens with zero attached hydrogens (tertiary/aromatic N) is 2. The number of ether oxygens (including phenoxy) is 1. The lowest BCUT2D eigenvalue weighted by Crippen LogP contribution is -2.06. The maximum Gasteiger partial charge on any atom is 0.226 e. The molecule has 17 heavy (non-hydrogen) atoms. The SMILES string of the molecule is COCCCc1noc(CCC(C)CCN)n1. The van der Waals surface area contributed by atoms with Gasteiger partial charge in [0.05, 0.1) is 0 Å². The topological polar surface area (TPSA) is 74.2 Å². The van der Waals surface area contributed by atoms with E-state index in [0.717, 1.165) is 57.0 Å². The van der Waals surface area contributed by atoms with Gasteiger partial charge in [-0.05, 0) is 31.7 Å². The van der Waals surface area contributed by atoms with E-state index in [1.807, 2.05) is 0 Å². The Labute approximate surface area is 103 Å². The van der Waals surface area contributed by atoms with Gasteiger partial charge in [0.2, 0.25) is 5.89 Å². The number of hydrogen-bond donors (Lipinski definition) is 1. The van der Waals surface area contributed by atoms with E-state index in [9.17, 15) is 0 Å². The molecule has 0 amide bonds. The third-order valence-electron chi connectivity index (χ3n) is 2.77. The summed E-state index contributed by atoms with van der Waals surface area (Å²) in [6.07, 6.45) is 4.69. The quantitative estimate of drug-likeness (QED) is 0.664. The van der Waals surface area contributed by atoms with Crippen LogP contribution < -0.4 is 5.73 Å². The van der Waals surface area contributed by atoms with E-state index in [4.69, 9.17) is 15.0 Å². The van der Waals surface area contributed by atoms with Crippen LogP contribution in [-0.4, -0.2) is 30.4 Å². The van der Waals surface area contributed by atoms with Gasteiger partial charge < -0.3 is 15.0 Å². The summed E-state index contributed by atoms with van der Waals surface area (Å²) < 4.78 is 10.2.